The third-order valence-corrected chi connectivity index (χ3v) is 11.5. The van der Waals surface area contributed by atoms with E-state index in [1.54, 1.807) is 30.9 Å². The molecule has 0 spiro atoms. The van der Waals surface area contributed by atoms with Gasteiger partial charge in [-0.05, 0) is 81.9 Å². The minimum Gasteiger partial charge on any atom is -0.307 e. The fourth-order valence-electron chi connectivity index (χ4n) is 8.89. The molecule has 11 rings (SSSR count). The molecule has 7 aromatic carbocycles. The maximum absolute atomic E-state index is 15.7. The predicted molar refractivity (Wildman–Crippen MR) is 241 cm³/mol. The fraction of sp³-hybridized carbons (Fsp3) is 0. The molecule has 0 atom stereocenters. The molecule has 60 heavy (non-hydrogen) atoms. The summed E-state index contributed by atoms with van der Waals surface area (Å²) >= 11 is 0. The van der Waals surface area contributed by atoms with Crippen molar-refractivity contribution in [2.45, 2.75) is 0 Å². The van der Waals surface area contributed by atoms with Crippen molar-refractivity contribution in [1.29, 1.82) is 0 Å². The molecule has 6 nitrogen and oxygen atoms in total. The number of hydrogen-bond acceptors (Lipinski definition) is 4. The molecule has 0 bridgehead atoms. The summed E-state index contributed by atoms with van der Waals surface area (Å²) in [5.74, 6) is -0.756. The van der Waals surface area contributed by atoms with Gasteiger partial charge in [-0.2, -0.15) is 0 Å². The molecule has 0 fully saturated rings. The molecule has 3 aromatic heterocycles. The van der Waals surface area contributed by atoms with Gasteiger partial charge in [-0.15, -0.1) is 0 Å². The molecular formula is C54H34N4O2. The minimum absolute atomic E-state index is 0.348. The first-order valence-corrected chi connectivity index (χ1v) is 19.9. The van der Waals surface area contributed by atoms with E-state index in [4.69, 9.17) is 0 Å². The van der Waals surface area contributed by atoms with Gasteiger partial charge in [0.25, 0.3) is 11.8 Å². The van der Waals surface area contributed by atoms with Gasteiger partial charge in [0.05, 0.1) is 33.5 Å². The first-order chi connectivity index (χ1) is 29.7. The number of amides is 2. The van der Waals surface area contributed by atoms with Gasteiger partial charge in [0.1, 0.15) is 0 Å². The topological polar surface area (TPSA) is 68.1 Å². The summed E-state index contributed by atoms with van der Waals surface area (Å²) in [6.07, 6.45) is 7.17. The normalized spacial score (nSPS) is 12.4. The number of anilines is 1. The number of benzene rings is 7. The Hall–Kier alpha value is -8.22. The quantitative estimate of drug-likeness (QED) is 0.151. The maximum atomic E-state index is 15.7. The monoisotopic (exact) mass is 770 g/mol. The number of fused-ring (bicyclic) bond motifs is 4. The zero-order valence-corrected chi connectivity index (χ0v) is 32.2. The van der Waals surface area contributed by atoms with Gasteiger partial charge < -0.3 is 4.57 Å². The molecule has 0 radical (unpaired) electrons. The smallest absolute Gasteiger partial charge is 0.268 e. The molecule has 0 aliphatic carbocycles. The Morgan fingerprint density at radius 3 is 1.28 bits per heavy atom. The van der Waals surface area contributed by atoms with E-state index in [1.807, 2.05) is 115 Å². The number of para-hydroxylation sites is 2. The van der Waals surface area contributed by atoms with Crippen LogP contribution in [0, 0.1) is 0 Å². The molecule has 2 amide bonds. The van der Waals surface area contributed by atoms with Crippen molar-refractivity contribution in [2.24, 2.45) is 0 Å². The van der Waals surface area contributed by atoms with Crippen LogP contribution in [0.5, 0.6) is 0 Å². The molecule has 1 aliphatic rings. The number of aromatic nitrogens is 3. The third-order valence-electron chi connectivity index (χ3n) is 11.5. The Morgan fingerprint density at radius 1 is 0.350 bits per heavy atom. The highest BCUT2D eigenvalue weighted by atomic mass is 16.2. The van der Waals surface area contributed by atoms with E-state index in [2.05, 4.69) is 75.2 Å². The highest BCUT2D eigenvalue weighted by molar-refractivity contribution is 6.37. The lowest BCUT2D eigenvalue weighted by Gasteiger charge is -2.24. The predicted octanol–water partition coefficient (Wildman–Crippen LogP) is 12.7. The third kappa shape index (κ3) is 5.57. The lowest BCUT2D eigenvalue weighted by Crippen LogP contribution is -2.30. The molecule has 4 heterocycles. The summed E-state index contributed by atoms with van der Waals surface area (Å²) in [5, 5.41) is 2.05. The van der Waals surface area contributed by atoms with Crippen LogP contribution in [-0.4, -0.2) is 26.3 Å². The Morgan fingerprint density at radius 2 is 0.783 bits per heavy atom. The van der Waals surface area contributed by atoms with Crippen molar-refractivity contribution in [1.82, 2.24) is 14.5 Å². The van der Waals surface area contributed by atoms with Crippen molar-refractivity contribution in [3.05, 3.63) is 218 Å². The van der Waals surface area contributed by atoms with E-state index in [1.165, 1.54) is 4.90 Å². The number of imide groups is 1. The molecular weight excluding hydrogens is 737 g/mol. The molecule has 10 aromatic rings. The number of carbonyl (C=O) groups excluding carboxylic acids is 2. The summed E-state index contributed by atoms with van der Waals surface area (Å²) in [6.45, 7) is 0. The SMILES string of the molecule is O=C1c2cccc(-n3c4c(-c5ccncc5)cccc4c4cccc(-c5ccncc5)c43)c2C(=O)N1c1c(-c2ccccc2)cc(-c2ccccc2)cc1-c1ccccc1. The van der Waals surface area contributed by atoms with Gasteiger partial charge in [0, 0.05) is 57.8 Å². The van der Waals surface area contributed by atoms with Gasteiger partial charge in [0.2, 0.25) is 0 Å². The molecule has 6 heteroatoms. The number of nitrogens with zero attached hydrogens (tertiary/aromatic N) is 4. The van der Waals surface area contributed by atoms with Gasteiger partial charge in [0.15, 0.2) is 0 Å². The zero-order valence-electron chi connectivity index (χ0n) is 32.2. The van der Waals surface area contributed by atoms with Gasteiger partial charge >= 0.3 is 0 Å². The summed E-state index contributed by atoms with van der Waals surface area (Å²) in [4.78, 5) is 41.0. The van der Waals surface area contributed by atoms with Gasteiger partial charge in [-0.3, -0.25) is 19.6 Å². The Balaban J connectivity index is 1.21. The molecule has 0 saturated heterocycles. The summed E-state index contributed by atoms with van der Waals surface area (Å²) < 4.78 is 2.19. The Bertz CT molecular complexity index is 3120. The highest BCUT2D eigenvalue weighted by Gasteiger charge is 2.42. The van der Waals surface area contributed by atoms with Gasteiger partial charge in [-0.1, -0.05) is 133 Å². The average molecular weight is 771 g/mol. The second kappa shape index (κ2) is 14.3. The van der Waals surface area contributed by atoms with E-state index >= 15 is 9.59 Å². The van der Waals surface area contributed by atoms with Gasteiger partial charge in [-0.25, -0.2) is 4.90 Å². The summed E-state index contributed by atoms with van der Waals surface area (Å²) in [5.41, 5.74) is 13.0. The van der Waals surface area contributed by atoms with E-state index in [-0.39, 0.29) is 11.8 Å². The van der Waals surface area contributed by atoms with Crippen molar-refractivity contribution in [2.75, 3.05) is 4.90 Å². The van der Waals surface area contributed by atoms with Crippen molar-refractivity contribution < 1.29 is 9.59 Å². The largest absolute Gasteiger partial charge is 0.307 e. The fourth-order valence-corrected chi connectivity index (χ4v) is 8.89. The van der Waals surface area contributed by atoms with E-state index in [0.29, 0.717) is 22.5 Å². The highest BCUT2D eigenvalue weighted by Crippen LogP contribution is 2.48. The van der Waals surface area contributed by atoms with Crippen LogP contribution < -0.4 is 4.90 Å². The van der Waals surface area contributed by atoms with Crippen LogP contribution in [0.4, 0.5) is 5.69 Å². The van der Waals surface area contributed by atoms with Crippen LogP contribution in [0.15, 0.2) is 207 Å². The second-order valence-electron chi connectivity index (χ2n) is 14.9. The van der Waals surface area contributed by atoms with E-state index in [0.717, 1.165) is 77.4 Å². The van der Waals surface area contributed by atoms with Crippen LogP contribution in [0.2, 0.25) is 0 Å². The second-order valence-corrected chi connectivity index (χ2v) is 14.9. The first kappa shape index (κ1) is 35.0. The molecule has 282 valence electrons. The Kier molecular flexibility index (Phi) is 8.34. The van der Waals surface area contributed by atoms with Crippen molar-refractivity contribution in [3.63, 3.8) is 0 Å². The standard InChI is InChI=1S/C54H34N4O2/c59-53-45-23-12-24-48(57-50-41(38-25-29-55-30-26-38)19-10-21-43(50)44-22-11-20-42(51(44)57)39-27-31-56-32-28-39)49(45)54(60)58(53)52-46(36-15-6-2-7-16-36)33-40(35-13-4-1-5-14-35)34-47(52)37-17-8-3-9-18-37/h1-34H. The molecule has 0 saturated carbocycles. The molecule has 0 unspecified atom stereocenters. The van der Waals surface area contributed by atoms with Crippen LogP contribution in [0.25, 0.3) is 83.1 Å². The van der Waals surface area contributed by atoms with E-state index in [9.17, 15) is 0 Å². The number of pyridine rings is 2. The Labute approximate surface area is 346 Å². The number of carbonyl (C=O) groups is 2. The first-order valence-electron chi connectivity index (χ1n) is 19.9. The number of rotatable bonds is 7. The molecule has 0 N–H and O–H groups in total. The zero-order chi connectivity index (χ0) is 40.2. The maximum Gasteiger partial charge on any atom is 0.268 e. The molecule has 1 aliphatic heterocycles. The van der Waals surface area contributed by atoms with Crippen LogP contribution in [0.1, 0.15) is 20.7 Å². The van der Waals surface area contributed by atoms with Crippen LogP contribution in [-0.2, 0) is 0 Å². The van der Waals surface area contributed by atoms with Crippen molar-refractivity contribution >= 4 is 39.3 Å². The average Bonchev–Trinajstić information content (AvgIpc) is 3.80. The summed E-state index contributed by atoms with van der Waals surface area (Å²) in [7, 11) is 0. The summed E-state index contributed by atoms with van der Waals surface area (Å²) in [6, 6.07) is 60.7. The lowest BCUT2D eigenvalue weighted by atomic mass is 9.90. The minimum atomic E-state index is -0.384. The number of hydrogen-bond donors (Lipinski definition) is 0. The van der Waals surface area contributed by atoms with Crippen LogP contribution >= 0.6 is 0 Å². The van der Waals surface area contributed by atoms with Crippen LogP contribution in [0.3, 0.4) is 0 Å². The lowest BCUT2D eigenvalue weighted by molar-refractivity contribution is 0.0926. The van der Waals surface area contributed by atoms with E-state index < -0.39 is 0 Å². The van der Waals surface area contributed by atoms with Crippen molar-refractivity contribution in [3.8, 4) is 61.3 Å².